The van der Waals surface area contributed by atoms with E-state index in [1.807, 2.05) is 17.6 Å². The van der Waals surface area contributed by atoms with Crippen LogP contribution in [0, 0.1) is 0 Å². The number of fused-ring (bicyclic) bond motifs is 1. The lowest BCUT2D eigenvalue weighted by molar-refractivity contribution is 0.866. The first kappa shape index (κ1) is 8.82. The van der Waals surface area contributed by atoms with Gasteiger partial charge in [0.2, 0.25) is 5.28 Å². The highest BCUT2D eigenvalue weighted by molar-refractivity contribution is 7.17. The lowest BCUT2D eigenvalue weighted by Crippen LogP contribution is -1.99. The van der Waals surface area contributed by atoms with E-state index in [1.165, 1.54) is 0 Å². The van der Waals surface area contributed by atoms with Gasteiger partial charge in [0.25, 0.3) is 0 Å². The highest BCUT2D eigenvalue weighted by atomic mass is 35.5. The molecule has 15 heavy (non-hydrogen) atoms. The highest BCUT2D eigenvalue weighted by Gasteiger charge is 2.06. The van der Waals surface area contributed by atoms with Gasteiger partial charge in [0.1, 0.15) is 0 Å². The van der Waals surface area contributed by atoms with Crippen LogP contribution in [0.15, 0.2) is 29.9 Å². The average molecular weight is 237 g/mol. The second-order valence-corrected chi connectivity index (χ2v) is 4.20. The maximum atomic E-state index is 5.73. The molecule has 3 aromatic rings. The fourth-order valence-corrected chi connectivity index (χ4v) is 2.25. The van der Waals surface area contributed by atoms with Crippen molar-refractivity contribution >= 4 is 33.2 Å². The molecule has 0 fully saturated rings. The fourth-order valence-electron chi connectivity index (χ4n) is 1.38. The minimum Gasteiger partial charge on any atom is -0.226 e. The number of thiophene rings is 1. The standard InChI is InChI=1S/C9H5ClN4S/c10-9-11-3-1-8(13-9)14-6-2-4-15-7(6)5-12-14/h1-5H. The maximum absolute atomic E-state index is 5.73. The largest absolute Gasteiger partial charge is 0.226 e. The molecule has 0 aliphatic heterocycles. The van der Waals surface area contributed by atoms with Crippen LogP contribution in [-0.2, 0) is 0 Å². The topological polar surface area (TPSA) is 43.6 Å². The van der Waals surface area contributed by atoms with E-state index in [4.69, 9.17) is 11.6 Å². The molecule has 6 heteroatoms. The molecule has 0 saturated heterocycles. The molecule has 0 amide bonds. The van der Waals surface area contributed by atoms with Crippen LogP contribution in [0.2, 0.25) is 5.28 Å². The van der Waals surface area contributed by atoms with Crippen molar-refractivity contribution in [3.05, 3.63) is 35.2 Å². The van der Waals surface area contributed by atoms with Crippen molar-refractivity contribution in [1.29, 1.82) is 0 Å². The van der Waals surface area contributed by atoms with Crippen LogP contribution in [0.3, 0.4) is 0 Å². The Kier molecular flexibility index (Phi) is 1.93. The summed E-state index contributed by atoms with van der Waals surface area (Å²) in [6.07, 6.45) is 3.43. The van der Waals surface area contributed by atoms with Crippen molar-refractivity contribution in [3.8, 4) is 5.82 Å². The van der Waals surface area contributed by atoms with Crippen molar-refractivity contribution < 1.29 is 0 Å². The number of aromatic nitrogens is 4. The Bertz CT molecular complexity index is 615. The summed E-state index contributed by atoms with van der Waals surface area (Å²) in [6.45, 7) is 0. The summed E-state index contributed by atoms with van der Waals surface area (Å²) >= 11 is 7.37. The molecule has 0 atom stereocenters. The van der Waals surface area contributed by atoms with Crippen molar-refractivity contribution in [1.82, 2.24) is 19.7 Å². The average Bonchev–Trinajstić information content (AvgIpc) is 2.77. The molecular weight excluding hydrogens is 232 g/mol. The summed E-state index contributed by atoms with van der Waals surface area (Å²) in [5.74, 6) is 0.684. The molecule has 0 aromatic carbocycles. The Morgan fingerprint density at radius 1 is 1.33 bits per heavy atom. The Hall–Kier alpha value is -1.46. The van der Waals surface area contributed by atoms with E-state index < -0.39 is 0 Å². The fraction of sp³-hybridized carbons (Fsp3) is 0. The van der Waals surface area contributed by atoms with E-state index in [9.17, 15) is 0 Å². The van der Waals surface area contributed by atoms with Gasteiger partial charge in [0.05, 0.1) is 16.4 Å². The zero-order chi connectivity index (χ0) is 10.3. The smallest absolute Gasteiger partial charge is 0.224 e. The van der Waals surface area contributed by atoms with Crippen LogP contribution < -0.4 is 0 Å². The van der Waals surface area contributed by atoms with Crippen LogP contribution in [-0.4, -0.2) is 19.7 Å². The van der Waals surface area contributed by atoms with Gasteiger partial charge in [0.15, 0.2) is 5.82 Å². The van der Waals surface area contributed by atoms with Crippen molar-refractivity contribution in [2.24, 2.45) is 0 Å². The first-order valence-electron chi connectivity index (χ1n) is 4.25. The monoisotopic (exact) mass is 236 g/mol. The zero-order valence-corrected chi connectivity index (χ0v) is 9.03. The van der Waals surface area contributed by atoms with Crippen LogP contribution in [0.4, 0.5) is 0 Å². The summed E-state index contributed by atoms with van der Waals surface area (Å²) in [5, 5.41) is 6.49. The molecule has 4 nitrogen and oxygen atoms in total. The van der Waals surface area contributed by atoms with Crippen molar-refractivity contribution in [2.45, 2.75) is 0 Å². The lowest BCUT2D eigenvalue weighted by atomic mass is 10.5. The molecular formula is C9H5ClN4S. The van der Waals surface area contributed by atoms with Gasteiger partial charge < -0.3 is 0 Å². The predicted molar refractivity (Wildman–Crippen MR) is 59.5 cm³/mol. The van der Waals surface area contributed by atoms with Crippen LogP contribution >= 0.6 is 22.9 Å². The molecule has 3 aromatic heterocycles. The van der Waals surface area contributed by atoms with Crippen LogP contribution in [0.5, 0.6) is 0 Å². The Morgan fingerprint density at radius 2 is 2.27 bits per heavy atom. The van der Waals surface area contributed by atoms with E-state index in [1.54, 1.807) is 28.3 Å². The molecule has 0 N–H and O–H groups in total. The number of halogens is 1. The number of rotatable bonds is 1. The third kappa shape index (κ3) is 1.40. The Labute approximate surface area is 94.2 Å². The Morgan fingerprint density at radius 3 is 3.13 bits per heavy atom. The van der Waals surface area contributed by atoms with E-state index in [0.29, 0.717) is 5.82 Å². The summed E-state index contributed by atoms with van der Waals surface area (Å²) in [5.41, 5.74) is 1.04. The second-order valence-electron chi connectivity index (χ2n) is 2.91. The predicted octanol–water partition coefficient (Wildman–Crippen LogP) is 2.53. The van der Waals surface area contributed by atoms with Gasteiger partial charge in [-0.25, -0.2) is 9.67 Å². The van der Waals surface area contributed by atoms with Gasteiger partial charge in [-0.15, -0.1) is 11.3 Å². The molecule has 0 aliphatic carbocycles. The maximum Gasteiger partial charge on any atom is 0.224 e. The van der Waals surface area contributed by atoms with Gasteiger partial charge in [-0.1, -0.05) is 0 Å². The molecule has 0 unspecified atom stereocenters. The van der Waals surface area contributed by atoms with Crippen molar-refractivity contribution in [3.63, 3.8) is 0 Å². The van der Waals surface area contributed by atoms with Gasteiger partial charge in [0, 0.05) is 12.3 Å². The Balaban J connectivity index is 2.26. The lowest BCUT2D eigenvalue weighted by Gasteiger charge is -1.99. The van der Waals surface area contributed by atoms with Gasteiger partial charge in [-0.3, -0.25) is 0 Å². The zero-order valence-electron chi connectivity index (χ0n) is 7.46. The highest BCUT2D eigenvalue weighted by Crippen LogP contribution is 2.22. The number of hydrogen-bond acceptors (Lipinski definition) is 4. The summed E-state index contributed by atoms with van der Waals surface area (Å²) in [4.78, 5) is 7.94. The first-order valence-corrected chi connectivity index (χ1v) is 5.50. The second kappa shape index (κ2) is 3.29. The normalized spacial score (nSPS) is 11.0. The van der Waals surface area contributed by atoms with Gasteiger partial charge in [-0.2, -0.15) is 10.1 Å². The molecule has 3 rings (SSSR count). The van der Waals surface area contributed by atoms with E-state index in [-0.39, 0.29) is 5.28 Å². The molecule has 0 spiro atoms. The van der Waals surface area contributed by atoms with Crippen LogP contribution in [0.1, 0.15) is 0 Å². The van der Waals surface area contributed by atoms with E-state index >= 15 is 0 Å². The van der Waals surface area contributed by atoms with Crippen LogP contribution in [0.25, 0.3) is 16.0 Å². The minimum atomic E-state index is 0.228. The summed E-state index contributed by atoms with van der Waals surface area (Å²) < 4.78 is 2.88. The molecule has 3 heterocycles. The van der Waals surface area contributed by atoms with Crippen molar-refractivity contribution in [2.75, 3.05) is 0 Å². The van der Waals surface area contributed by atoms with E-state index in [2.05, 4.69) is 15.1 Å². The molecule has 0 bridgehead atoms. The molecule has 0 radical (unpaired) electrons. The van der Waals surface area contributed by atoms with Gasteiger partial charge in [-0.05, 0) is 23.0 Å². The third-order valence-corrected chi connectivity index (χ3v) is 3.04. The minimum absolute atomic E-state index is 0.228. The third-order valence-electron chi connectivity index (χ3n) is 2.02. The summed E-state index contributed by atoms with van der Waals surface area (Å²) in [7, 11) is 0. The number of nitrogens with zero attached hydrogens (tertiary/aromatic N) is 4. The molecule has 0 saturated carbocycles. The SMILES string of the molecule is Clc1nccc(-n2ncc3sccc32)n1. The molecule has 74 valence electrons. The van der Waals surface area contributed by atoms with E-state index in [0.717, 1.165) is 10.2 Å². The van der Waals surface area contributed by atoms with Gasteiger partial charge >= 0.3 is 0 Å². The molecule has 0 aliphatic rings. The quantitative estimate of drug-likeness (QED) is 0.610. The first-order chi connectivity index (χ1) is 7.34. The number of hydrogen-bond donors (Lipinski definition) is 0. The summed E-state index contributed by atoms with van der Waals surface area (Å²) in [6, 6.07) is 3.78.